The van der Waals surface area contributed by atoms with Gasteiger partial charge in [-0.25, -0.2) is 0 Å². The van der Waals surface area contributed by atoms with E-state index in [0.29, 0.717) is 12.7 Å². The summed E-state index contributed by atoms with van der Waals surface area (Å²) in [4.78, 5) is 0. The van der Waals surface area contributed by atoms with Crippen LogP contribution in [0.25, 0.3) is 0 Å². The zero-order valence-electron chi connectivity index (χ0n) is 12.2. The number of hydrogen-bond acceptors (Lipinski definition) is 3. The van der Waals surface area contributed by atoms with Gasteiger partial charge in [0.15, 0.2) is 0 Å². The highest BCUT2D eigenvalue weighted by atomic mass is 16.5. The Morgan fingerprint density at radius 2 is 1.67 bits per heavy atom. The van der Waals surface area contributed by atoms with Crippen molar-refractivity contribution in [1.82, 2.24) is 0 Å². The molecule has 0 amide bonds. The van der Waals surface area contributed by atoms with E-state index in [1.807, 2.05) is 55.5 Å². The molecule has 0 aromatic heterocycles. The highest BCUT2D eigenvalue weighted by Gasteiger charge is 2.23. The molecular weight excluding hydrogens is 264 g/mol. The molecule has 0 aliphatic heterocycles. The molecule has 0 heterocycles. The van der Waals surface area contributed by atoms with E-state index in [1.54, 1.807) is 0 Å². The first kappa shape index (κ1) is 14.0. The summed E-state index contributed by atoms with van der Waals surface area (Å²) in [5.41, 5.74) is 1.66. The monoisotopic (exact) mass is 284 g/mol. The van der Waals surface area contributed by atoms with E-state index in [-0.39, 0.29) is 0 Å². The van der Waals surface area contributed by atoms with Crippen LogP contribution in [0.2, 0.25) is 0 Å². The standard InChI is InChI=1S/C18H20O3/c1-2-20-16-7-3-5-13(11-16)18(19)14-6-4-8-17(12-14)21-15-9-10-15/h3-8,11-12,15,18-19H,2,9-10H2,1H3. The van der Waals surface area contributed by atoms with E-state index >= 15 is 0 Å². The number of ether oxygens (including phenoxy) is 2. The van der Waals surface area contributed by atoms with Gasteiger partial charge < -0.3 is 14.6 Å². The highest BCUT2D eigenvalue weighted by Crippen LogP contribution is 2.30. The fraction of sp³-hybridized carbons (Fsp3) is 0.333. The first-order valence-electron chi connectivity index (χ1n) is 7.43. The van der Waals surface area contributed by atoms with E-state index in [2.05, 4.69) is 0 Å². The van der Waals surface area contributed by atoms with E-state index in [1.165, 1.54) is 0 Å². The Labute approximate surface area is 125 Å². The minimum Gasteiger partial charge on any atom is -0.494 e. The van der Waals surface area contributed by atoms with Crippen molar-refractivity contribution in [2.45, 2.75) is 32.0 Å². The molecular formula is C18H20O3. The van der Waals surface area contributed by atoms with Crippen LogP contribution in [0.1, 0.15) is 37.0 Å². The van der Waals surface area contributed by atoms with E-state index in [9.17, 15) is 5.11 Å². The van der Waals surface area contributed by atoms with E-state index < -0.39 is 6.10 Å². The lowest BCUT2D eigenvalue weighted by Gasteiger charge is -2.14. The van der Waals surface area contributed by atoms with Crippen LogP contribution in [-0.4, -0.2) is 17.8 Å². The van der Waals surface area contributed by atoms with Crippen molar-refractivity contribution >= 4 is 0 Å². The van der Waals surface area contributed by atoms with E-state index in [4.69, 9.17) is 9.47 Å². The molecule has 0 bridgehead atoms. The smallest absolute Gasteiger partial charge is 0.120 e. The molecule has 1 unspecified atom stereocenters. The molecule has 0 saturated heterocycles. The summed E-state index contributed by atoms with van der Waals surface area (Å²) in [7, 11) is 0. The quantitative estimate of drug-likeness (QED) is 0.879. The van der Waals surface area contributed by atoms with Crippen molar-refractivity contribution < 1.29 is 14.6 Å². The van der Waals surface area contributed by atoms with E-state index in [0.717, 1.165) is 35.5 Å². The second-order valence-corrected chi connectivity index (χ2v) is 5.30. The van der Waals surface area contributed by atoms with Crippen molar-refractivity contribution in [3.63, 3.8) is 0 Å². The molecule has 1 N–H and O–H groups in total. The molecule has 3 rings (SSSR count). The number of benzene rings is 2. The van der Waals surface area contributed by atoms with Gasteiger partial charge in [0.05, 0.1) is 12.7 Å². The van der Waals surface area contributed by atoms with Crippen molar-refractivity contribution in [2.75, 3.05) is 6.61 Å². The molecule has 1 aliphatic rings. The SMILES string of the molecule is CCOc1cccc(C(O)c2cccc(OC3CC3)c2)c1. The number of aliphatic hydroxyl groups excluding tert-OH is 1. The molecule has 2 aromatic carbocycles. The Balaban J connectivity index is 1.80. The first-order chi connectivity index (χ1) is 10.3. The fourth-order valence-corrected chi connectivity index (χ4v) is 2.27. The molecule has 110 valence electrons. The van der Waals surface area contributed by atoms with Gasteiger partial charge in [-0.05, 0) is 55.2 Å². The van der Waals surface area contributed by atoms with Crippen molar-refractivity contribution in [3.05, 3.63) is 59.7 Å². The second-order valence-electron chi connectivity index (χ2n) is 5.30. The lowest BCUT2D eigenvalue weighted by molar-refractivity contribution is 0.218. The van der Waals surface area contributed by atoms with Crippen LogP contribution >= 0.6 is 0 Å². The largest absolute Gasteiger partial charge is 0.494 e. The van der Waals surface area contributed by atoms with Gasteiger partial charge in [0.2, 0.25) is 0 Å². The predicted molar refractivity (Wildman–Crippen MR) is 81.8 cm³/mol. The maximum atomic E-state index is 10.5. The Morgan fingerprint density at radius 1 is 1.05 bits per heavy atom. The van der Waals surface area contributed by atoms with Crippen LogP contribution in [-0.2, 0) is 0 Å². The normalized spacial score (nSPS) is 15.5. The molecule has 2 aromatic rings. The molecule has 0 spiro atoms. The summed E-state index contributed by atoms with van der Waals surface area (Å²) in [5.74, 6) is 1.61. The van der Waals surface area contributed by atoms with Crippen molar-refractivity contribution in [3.8, 4) is 11.5 Å². The van der Waals surface area contributed by atoms with Crippen LogP contribution in [0.4, 0.5) is 0 Å². The minimum absolute atomic E-state index is 0.360. The fourth-order valence-electron chi connectivity index (χ4n) is 2.27. The molecule has 21 heavy (non-hydrogen) atoms. The van der Waals surface area contributed by atoms with Gasteiger partial charge in [-0.1, -0.05) is 24.3 Å². The summed E-state index contributed by atoms with van der Waals surface area (Å²) in [5, 5.41) is 10.5. The first-order valence-corrected chi connectivity index (χ1v) is 7.43. The molecule has 1 saturated carbocycles. The zero-order chi connectivity index (χ0) is 14.7. The molecule has 3 heteroatoms. The van der Waals surface area contributed by atoms with Gasteiger partial charge in [-0.3, -0.25) is 0 Å². The number of aliphatic hydroxyl groups is 1. The van der Waals surface area contributed by atoms with Crippen LogP contribution in [0.3, 0.4) is 0 Å². The molecule has 3 nitrogen and oxygen atoms in total. The lowest BCUT2D eigenvalue weighted by Crippen LogP contribution is -2.02. The summed E-state index contributed by atoms with van der Waals surface area (Å²) in [6.45, 7) is 2.56. The van der Waals surface area contributed by atoms with Crippen LogP contribution in [0.15, 0.2) is 48.5 Å². The highest BCUT2D eigenvalue weighted by molar-refractivity contribution is 5.38. The lowest BCUT2D eigenvalue weighted by atomic mass is 10.0. The predicted octanol–water partition coefficient (Wildman–Crippen LogP) is 3.71. The van der Waals surface area contributed by atoms with Crippen molar-refractivity contribution in [1.29, 1.82) is 0 Å². The van der Waals surface area contributed by atoms with Crippen LogP contribution in [0, 0.1) is 0 Å². The molecule has 0 radical (unpaired) electrons. The Kier molecular flexibility index (Phi) is 4.11. The number of rotatable bonds is 6. The molecule has 1 aliphatic carbocycles. The molecule has 1 fully saturated rings. The zero-order valence-corrected chi connectivity index (χ0v) is 12.2. The third-order valence-electron chi connectivity index (χ3n) is 3.49. The second kappa shape index (κ2) is 6.19. The topological polar surface area (TPSA) is 38.7 Å². The summed E-state index contributed by atoms with van der Waals surface area (Å²) < 4.78 is 11.3. The van der Waals surface area contributed by atoms with Crippen LogP contribution < -0.4 is 9.47 Å². The Bertz CT molecular complexity index is 605. The maximum absolute atomic E-state index is 10.5. The summed E-state index contributed by atoms with van der Waals surface area (Å²) in [6.07, 6.45) is 1.94. The summed E-state index contributed by atoms with van der Waals surface area (Å²) >= 11 is 0. The minimum atomic E-state index is -0.673. The number of hydrogen-bond donors (Lipinski definition) is 1. The van der Waals surface area contributed by atoms with Gasteiger partial charge in [0.25, 0.3) is 0 Å². The van der Waals surface area contributed by atoms with Gasteiger partial charge in [-0.15, -0.1) is 0 Å². The summed E-state index contributed by atoms with van der Waals surface area (Å²) in [6, 6.07) is 15.3. The van der Waals surface area contributed by atoms with Crippen LogP contribution in [0.5, 0.6) is 11.5 Å². The molecule has 1 atom stereocenters. The van der Waals surface area contributed by atoms with Gasteiger partial charge in [0, 0.05) is 0 Å². The Morgan fingerprint density at radius 3 is 2.29 bits per heavy atom. The van der Waals surface area contributed by atoms with Gasteiger partial charge in [-0.2, -0.15) is 0 Å². The van der Waals surface area contributed by atoms with Gasteiger partial charge in [0.1, 0.15) is 17.6 Å². The van der Waals surface area contributed by atoms with Gasteiger partial charge >= 0.3 is 0 Å². The average molecular weight is 284 g/mol. The average Bonchev–Trinajstić information content (AvgIpc) is 3.31. The maximum Gasteiger partial charge on any atom is 0.120 e. The Hall–Kier alpha value is -2.00. The van der Waals surface area contributed by atoms with Crippen molar-refractivity contribution in [2.24, 2.45) is 0 Å². The third kappa shape index (κ3) is 3.56. The third-order valence-corrected chi connectivity index (χ3v) is 3.49.